The summed E-state index contributed by atoms with van der Waals surface area (Å²) in [5.41, 5.74) is 5.47. The van der Waals surface area contributed by atoms with Crippen LogP contribution in [0.4, 0.5) is 13.2 Å². The fourth-order valence-electron chi connectivity index (χ4n) is 1.89. The second-order valence-corrected chi connectivity index (χ2v) is 4.92. The molecule has 0 bridgehead atoms. The van der Waals surface area contributed by atoms with E-state index in [1.165, 1.54) is 6.20 Å². The minimum absolute atomic E-state index is 0.562. The Balaban J connectivity index is 2.27. The Morgan fingerprint density at radius 3 is 2.40 bits per heavy atom. The van der Waals surface area contributed by atoms with Gasteiger partial charge < -0.3 is 5.73 Å². The summed E-state index contributed by atoms with van der Waals surface area (Å²) in [7, 11) is 0. The third kappa shape index (κ3) is 2.01. The van der Waals surface area contributed by atoms with E-state index >= 15 is 0 Å². The molecule has 2 nitrogen and oxygen atoms in total. The van der Waals surface area contributed by atoms with Gasteiger partial charge in [-0.3, -0.25) is 0 Å². The second kappa shape index (κ2) is 3.45. The van der Waals surface area contributed by atoms with Crippen LogP contribution in [-0.4, -0.2) is 4.98 Å². The van der Waals surface area contributed by atoms with E-state index in [1.54, 1.807) is 0 Å². The zero-order valence-electron chi connectivity index (χ0n) is 7.97. The predicted molar refractivity (Wildman–Crippen MR) is 51.4 cm³/mol. The third-order valence-corrected chi connectivity index (χ3v) is 4.00. The van der Waals surface area contributed by atoms with Gasteiger partial charge in [0.1, 0.15) is 0 Å². The zero-order valence-corrected chi connectivity index (χ0v) is 8.79. The smallest absolute Gasteiger partial charge is 0.321 e. The molecule has 2 rings (SSSR count). The van der Waals surface area contributed by atoms with Crippen LogP contribution in [-0.2, 0) is 11.7 Å². The Bertz CT molecular complexity index is 352. The van der Waals surface area contributed by atoms with E-state index in [9.17, 15) is 13.2 Å². The normalized spacial score (nSPS) is 20.8. The summed E-state index contributed by atoms with van der Waals surface area (Å²) in [5, 5.41) is -0.797. The molecule has 0 aliphatic heterocycles. The number of hydrogen-bond donors (Lipinski definition) is 1. The molecule has 1 saturated carbocycles. The van der Waals surface area contributed by atoms with E-state index in [4.69, 9.17) is 5.73 Å². The Morgan fingerprint density at radius 2 is 1.93 bits per heavy atom. The Labute approximate surface area is 89.3 Å². The highest BCUT2D eigenvalue weighted by molar-refractivity contribution is 7.11. The van der Waals surface area contributed by atoms with E-state index < -0.39 is 16.7 Å². The summed E-state index contributed by atoms with van der Waals surface area (Å²) in [4.78, 5) is 3.95. The van der Waals surface area contributed by atoms with Gasteiger partial charge in [-0.2, -0.15) is 13.2 Å². The topological polar surface area (TPSA) is 38.9 Å². The first-order chi connectivity index (χ1) is 6.92. The maximum atomic E-state index is 12.3. The molecule has 0 radical (unpaired) electrons. The minimum Gasteiger partial charge on any atom is -0.321 e. The monoisotopic (exact) mass is 236 g/mol. The lowest BCUT2D eigenvalue weighted by Crippen LogP contribution is -2.31. The summed E-state index contributed by atoms with van der Waals surface area (Å²) in [6.07, 6.45) is 0.404. The SMILES string of the molecule is NC1(c2cnc(C(F)(F)F)s2)CCCC1. The maximum absolute atomic E-state index is 12.3. The first-order valence-electron chi connectivity index (χ1n) is 4.74. The molecule has 0 aromatic carbocycles. The van der Waals surface area contributed by atoms with Gasteiger partial charge in [-0.25, -0.2) is 4.98 Å². The molecule has 1 fully saturated rings. The van der Waals surface area contributed by atoms with Crippen molar-refractivity contribution in [2.75, 3.05) is 0 Å². The number of thiazole rings is 1. The van der Waals surface area contributed by atoms with Crippen molar-refractivity contribution in [2.45, 2.75) is 37.4 Å². The van der Waals surface area contributed by atoms with Crippen molar-refractivity contribution in [3.05, 3.63) is 16.1 Å². The van der Waals surface area contributed by atoms with Gasteiger partial charge in [-0.05, 0) is 12.8 Å². The molecular formula is C9H11F3N2S. The zero-order chi connectivity index (χ0) is 11.1. The highest BCUT2D eigenvalue weighted by Crippen LogP contribution is 2.41. The third-order valence-electron chi connectivity index (χ3n) is 2.73. The van der Waals surface area contributed by atoms with Crippen molar-refractivity contribution < 1.29 is 13.2 Å². The van der Waals surface area contributed by atoms with Crippen LogP contribution < -0.4 is 5.73 Å². The van der Waals surface area contributed by atoms with E-state index in [2.05, 4.69) is 4.98 Å². The van der Waals surface area contributed by atoms with Gasteiger partial charge in [-0.1, -0.05) is 12.8 Å². The van der Waals surface area contributed by atoms with Gasteiger partial charge in [0, 0.05) is 11.1 Å². The fourth-order valence-corrected chi connectivity index (χ4v) is 2.83. The number of aromatic nitrogens is 1. The molecule has 0 atom stereocenters. The predicted octanol–water partition coefficient (Wildman–Crippen LogP) is 2.89. The molecule has 0 saturated heterocycles. The Hall–Kier alpha value is -0.620. The molecule has 1 aromatic heterocycles. The largest absolute Gasteiger partial charge is 0.443 e. The van der Waals surface area contributed by atoms with Crippen molar-refractivity contribution in [1.29, 1.82) is 0 Å². The van der Waals surface area contributed by atoms with Gasteiger partial charge >= 0.3 is 6.18 Å². The maximum Gasteiger partial charge on any atom is 0.443 e. The van der Waals surface area contributed by atoms with Crippen LogP contribution >= 0.6 is 11.3 Å². The molecule has 15 heavy (non-hydrogen) atoms. The first kappa shape index (κ1) is 10.9. The quantitative estimate of drug-likeness (QED) is 0.814. The lowest BCUT2D eigenvalue weighted by molar-refractivity contribution is -0.137. The lowest BCUT2D eigenvalue weighted by Gasteiger charge is -2.20. The number of alkyl halides is 3. The summed E-state index contributed by atoms with van der Waals surface area (Å²) < 4.78 is 37.0. The van der Waals surface area contributed by atoms with Crippen LogP contribution in [0.1, 0.15) is 35.6 Å². The van der Waals surface area contributed by atoms with Crippen LogP contribution in [0.3, 0.4) is 0 Å². The van der Waals surface area contributed by atoms with Crippen LogP contribution in [0.25, 0.3) is 0 Å². The molecule has 0 unspecified atom stereocenters. The first-order valence-corrected chi connectivity index (χ1v) is 5.56. The number of nitrogens with zero attached hydrogens (tertiary/aromatic N) is 1. The molecule has 1 aliphatic carbocycles. The fraction of sp³-hybridized carbons (Fsp3) is 0.667. The second-order valence-electron chi connectivity index (χ2n) is 3.89. The highest BCUT2D eigenvalue weighted by Gasteiger charge is 2.39. The molecule has 1 heterocycles. The number of nitrogens with two attached hydrogens (primary N) is 1. The Kier molecular flexibility index (Phi) is 2.50. The molecule has 0 spiro atoms. The van der Waals surface area contributed by atoms with Crippen molar-refractivity contribution in [3.8, 4) is 0 Å². The minimum atomic E-state index is -4.35. The molecule has 2 N–H and O–H groups in total. The van der Waals surface area contributed by atoms with E-state index in [0.29, 0.717) is 16.2 Å². The van der Waals surface area contributed by atoms with Crippen LogP contribution in [0.15, 0.2) is 6.20 Å². The average Bonchev–Trinajstić information content (AvgIpc) is 2.69. The van der Waals surface area contributed by atoms with Crippen LogP contribution in [0, 0.1) is 0 Å². The van der Waals surface area contributed by atoms with Crippen molar-refractivity contribution in [3.63, 3.8) is 0 Å². The summed E-state index contributed by atoms with van der Waals surface area (Å²) in [6, 6.07) is 0. The molecule has 6 heteroatoms. The summed E-state index contributed by atoms with van der Waals surface area (Å²) >= 11 is 0.675. The highest BCUT2D eigenvalue weighted by atomic mass is 32.1. The van der Waals surface area contributed by atoms with Crippen molar-refractivity contribution in [1.82, 2.24) is 4.98 Å². The average molecular weight is 236 g/mol. The van der Waals surface area contributed by atoms with Crippen LogP contribution in [0.5, 0.6) is 0 Å². The van der Waals surface area contributed by atoms with Crippen LogP contribution in [0.2, 0.25) is 0 Å². The van der Waals surface area contributed by atoms with Crippen molar-refractivity contribution in [2.24, 2.45) is 5.73 Å². The van der Waals surface area contributed by atoms with Gasteiger partial charge in [0.25, 0.3) is 0 Å². The van der Waals surface area contributed by atoms with Gasteiger partial charge in [-0.15, -0.1) is 11.3 Å². The molecule has 0 amide bonds. The molecular weight excluding hydrogens is 225 g/mol. The van der Waals surface area contributed by atoms with Gasteiger partial charge in [0.05, 0.1) is 5.54 Å². The lowest BCUT2D eigenvalue weighted by atomic mass is 9.98. The van der Waals surface area contributed by atoms with Gasteiger partial charge in [0.15, 0.2) is 5.01 Å². The number of halogens is 3. The van der Waals surface area contributed by atoms with Gasteiger partial charge in [0.2, 0.25) is 0 Å². The van der Waals surface area contributed by atoms with E-state index in [-0.39, 0.29) is 0 Å². The number of rotatable bonds is 1. The molecule has 1 aliphatic rings. The summed E-state index contributed by atoms with van der Waals surface area (Å²) in [6.45, 7) is 0. The Morgan fingerprint density at radius 1 is 1.33 bits per heavy atom. The summed E-state index contributed by atoms with van der Waals surface area (Å²) in [5.74, 6) is 0. The van der Waals surface area contributed by atoms with Crippen molar-refractivity contribution >= 4 is 11.3 Å². The molecule has 84 valence electrons. The number of hydrogen-bond acceptors (Lipinski definition) is 3. The van der Waals surface area contributed by atoms with E-state index in [1.807, 2.05) is 0 Å². The standard InChI is InChI=1S/C9H11F3N2S/c10-9(11,12)7-14-5-6(15-7)8(13)3-1-2-4-8/h5H,1-4,13H2. The molecule has 1 aromatic rings. The van der Waals surface area contributed by atoms with E-state index in [0.717, 1.165) is 25.7 Å².